The summed E-state index contributed by atoms with van der Waals surface area (Å²) in [6.45, 7) is 5.41. The van der Waals surface area contributed by atoms with E-state index in [2.05, 4.69) is 15.6 Å². The average Bonchev–Trinajstić information content (AvgIpc) is 2.34. The molecule has 1 heterocycles. The Morgan fingerprint density at radius 3 is 2.50 bits per heavy atom. The number of hydrogen-bond donors (Lipinski definition) is 2. The lowest BCUT2D eigenvalue weighted by molar-refractivity contribution is -0.120. The van der Waals surface area contributed by atoms with Crippen LogP contribution in [0.15, 0.2) is 24.4 Å². The van der Waals surface area contributed by atoms with Gasteiger partial charge in [-0.1, -0.05) is 13.0 Å². The summed E-state index contributed by atoms with van der Waals surface area (Å²) in [5.41, 5.74) is 0.797. The zero-order valence-electron chi connectivity index (χ0n) is 10.9. The third-order valence-corrected chi connectivity index (χ3v) is 2.61. The molecule has 98 valence electrons. The highest BCUT2D eigenvalue weighted by Crippen LogP contribution is 2.19. The second kappa shape index (κ2) is 6.74. The highest BCUT2D eigenvalue weighted by Gasteiger charge is 2.21. The number of nitrogens with one attached hydrogen (secondary N) is 2. The SMILES string of the molecule is CC(=O)NCC(C)C(NC(C)=O)c1ccccn1. The maximum absolute atomic E-state index is 11.2. The summed E-state index contributed by atoms with van der Waals surface area (Å²) in [7, 11) is 0. The molecule has 0 spiro atoms. The summed E-state index contributed by atoms with van der Waals surface area (Å²) < 4.78 is 0. The topological polar surface area (TPSA) is 71.1 Å². The number of amides is 2. The van der Waals surface area contributed by atoms with Gasteiger partial charge >= 0.3 is 0 Å². The van der Waals surface area contributed by atoms with E-state index in [1.165, 1.54) is 13.8 Å². The molecule has 1 rings (SSSR count). The number of aromatic nitrogens is 1. The molecule has 1 aromatic heterocycles. The molecule has 1 aromatic rings. The summed E-state index contributed by atoms with van der Waals surface area (Å²) in [6.07, 6.45) is 1.69. The van der Waals surface area contributed by atoms with Gasteiger partial charge in [-0.2, -0.15) is 0 Å². The number of hydrogen-bond acceptors (Lipinski definition) is 3. The summed E-state index contributed by atoms with van der Waals surface area (Å²) in [5, 5.41) is 5.62. The van der Waals surface area contributed by atoms with Crippen LogP contribution in [0.25, 0.3) is 0 Å². The molecule has 0 radical (unpaired) electrons. The number of pyridine rings is 1. The molecular formula is C13H19N3O2. The number of nitrogens with zero attached hydrogens (tertiary/aromatic N) is 1. The molecule has 2 unspecified atom stereocenters. The molecule has 0 fully saturated rings. The van der Waals surface area contributed by atoms with Gasteiger partial charge in [-0.05, 0) is 18.1 Å². The first-order valence-electron chi connectivity index (χ1n) is 5.93. The predicted octanol–water partition coefficient (Wildman–Crippen LogP) is 1.03. The van der Waals surface area contributed by atoms with Crippen LogP contribution in [0.3, 0.4) is 0 Å². The summed E-state index contributed by atoms with van der Waals surface area (Å²) in [6, 6.07) is 5.37. The molecule has 0 saturated heterocycles. The van der Waals surface area contributed by atoms with Gasteiger partial charge in [-0.3, -0.25) is 14.6 Å². The molecule has 0 saturated carbocycles. The monoisotopic (exact) mass is 249 g/mol. The van der Waals surface area contributed by atoms with Crippen molar-refractivity contribution < 1.29 is 9.59 Å². The van der Waals surface area contributed by atoms with E-state index in [0.29, 0.717) is 6.54 Å². The summed E-state index contributed by atoms with van der Waals surface area (Å²) in [4.78, 5) is 26.4. The van der Waals surface area contributed by atoms with Crippen molar-refractivity contribution in [1.29, 1.82) is 0 Å². The predicted molar refractivity (Wildman–Crippen MR) is 68.6 cm³/mol. The van der Waals surface area contributed by atoms with E-state index in [9.17, 15) is 9.59 Å². The third kappa shape index (κ3) is 4.53. The molecule has 0 aromatic carbocycles. The lowest BCUT2D eigenvalue weighted by Gasteiger charge is -2.24. The van der Waals surface area contributed by atoms with E-state index < -0.39 is 0 Å². The van der Waals surface area contributed by atoms with E-state index in [4.69, 9.17) is 0 Å². The second-order valence-corrected chi connectivity index (χ2v) is 4.35. The van der Waals surface area contributed by atoms with Crippen molar-refractivity contribution >= 4 is 11.8 Å². The van der Waals surface area contributed by atoms with Crippen molar-refractivity contribution in [1.82, 2.24) is 15.6 Å². The quantitative estimate of drug-likeness (QED) is 0.818. The van der Waals surface area contributed by atoms with E-state index in [1.807, 2.05) is 25.1 Å². The molecular weight excluding hydrogens is 230 g/mol. The maximum Gasteiger partial charge on any atom is 0.217 e. The van der Waals surface area contributed by atoms with Crippen molar-refractivity contribution in [2.24, 2.45) is 5.92 Å². The van der Waals surface area contributed by atoms with Crippen LogP contribution in [-0.4, -0.2) is 23.3 Å². The van der Waals surface area contributed by atoms with Crippen molar-refractivity contribution in [2.45, 2.75) is 26.8 Å². The van der Waals surface area contributed by atoms with E-state index >= 15 is 0 Å². The number of rotatable bonds is 5. The largest absolute Gasteiger partial charge is 0.356 e. The zero-order chi connectivity index (χ0) is 13.5. The summed E-state index contributed by atoms with van der Waals surface area (Å²) >= 11 is 0. The molecule has 5 nitrogen and oxygen atoms in total. The van der Waals surface area contributed by atoms with Crippen LogP contribution in [0.4, 0.5) is 0 Å². The van der Waals surface area contributed by atoms with E-state index in [0.717, 1.165) is 5.69 Å². The standard InChI is InChI=1S/C13H19N3O2/c1-9(8-15-10(2)17)13(16-11(3)18)12-6-4-5-7-14-12/h4-7,9,13H,8H2,1-3H3,(H,15,17)(H,16,18). The Bertz CT molecular complexity index is 406. The molecule has 0 aliphatic carbocycles. The fourth-order valence-electron chi connectivity index (χ4n) is 1.71. The molecule has 5 heteroatoms. The highest BCUT2D eigenvalue weighted by molar-refractivity contribution is 5.73. The Labute approximate surface area is 107 Å². The van der Waals surface area contributed by atoms with Gasteiger partial charge in [0, 0.05) is 26.6 Å². The van der Waals surface area contributed by atoms with Crippen LogP contribution in [0, 0.1) is 5.92 Å². The Kier molecular flexibility index (Phi) is 5.30. The van der Waals surface area contributed by atoms with Crippen molar-refractivity contribution in [3.8, 4) is 0 Å². The lowest BCUT2D eigenvalue weighted by atomic mass is 9.98. The van der Waals surface area contributed by atoms with Gasteiger partial charge in [0.05, 0.1) is 11.7 Å². The average molecular weight is 249 g/mol. The van der Waals surface area contributed by atoms with Gasteiger partial charge in [0.1, 0.15) is 0 Å². The van der Waals surface area contributed by atoms with Gasteiger partial charge in [-0.15, -0.1) is 0 Å². The minimum absolute atomic E-state index is 0.0627. The smallest absolute Gasteiger partial charge is 0.217 e. The molecule has 0 bridgehead atoms. The zero-order valence-corrected chi connectivity index (χ0v) is 10.9. The maximum atomic E-state index is 11.2. The van der Waals surface area contributed by atoms with Crippen LogP contribution >= 0.6 is 0 Å². The van der Waals surface area contributed by atoms with Crippen LogP contribution < -0.4 is 10.6 Å². The van der Waals surface area contributed by atoms with Crippen LogP contribution in [0.5, 0.6) is 0 Å². The molecule has 2 atom stereocenters. The first-order chi connectivity index (χ1) is 8.50. The van der Waals surface area contributed by atoms with Crippen LogP contribution in [0.1, 0.15) is 32.5 Å². The molecule has 18 heavy (non-hydrogen) atoms. The molecule has 2 amide bonds. The number of carbonyl (C=O) groups is 2. The second-order valence-electron chi connectivity index (χ2n) is 4.35. The summed E-state index contributed by atoms with van der Waals surface area (Å²) in [5.74, 6) is -0.127. The third-order valence-electron chi connectivity index (χ3n) is 2.61. The van der Waals surface area contributed by atoms with Crippen molar-refractivity contribution in [2.75, 3.05) is 6.54 Å². The van der Waals surface area contributed by atoms with Crippen LogP contribution in [0.2, 0.25) is 0 Å². The number of carbonyl (C=O) groups excluding carboxylic acids is 2. The van der Waals surface area contributed by atoms with E-state index in [1.54, 1.807) is 6.20 Å². The van der Waals surface area contributed by atoms with Crippen molar-refractivity contribution in [3.05, 3.63) is 30.1 Å². The Morgan fingerprint density at radius 2 is 2.00 bits per heavy atom. The Hall–Kier alpha value is -1.91. The van der Waals surface area contributed by atoms with Gasteiger partial charge in [0.15, 0.2) is 0 Å². The molecule has 0 aliphatic rings. The minimum Gasteiger partial charge on any atom is -0.356 e. The first kappa shape index (κ1) is 14.2. The van der Waals surface area contributed by atoms with Gasteiger partial charge in [0.2, 0.25) is 11.8 Å². The van der Waals surface area contributed by atoms with Gasteiger partial charge in [-0.25, -0.2) is 0 Å². The lowest BCUT2D eigenvalue weighted by Crippen LogP contribution is -2.37. The molecule has 0 aliphatic heterocycles. The van der Waals surface area contributed by atoms with Gasteiger partial charge < -0.3 is 10.6 Å². The fourth-order valence-corrected chi connectivity index (χ4v) is 1.71. The highest BCUT2D eigenvalue weighted by atomic mass is 16.2. The fraction of sp³-hybridized carbons (Fsp3) is 0.462. The first-order valence-corrected chi connectivity index (χ1v) is 5.93. The van der Waals surface area contributed by atoms with Crippen molar-refractivity contribution in [3.63, 3.8) is 0 Å². The Morgan fingerprint density at radius 1 is 1.28 bits per heavy atom. The normalized spacial score (nSPS) is 13.5. The molecule has 2 N–H and O–H groups in total. The minimum atomic E-state index is -0.199. The Balaban J connectivity index is 2.78. The van der Waals surface area contributed by atoms with Gasteiger partial charge in [0.25, 0.3) is 0 Å². The van der Waals surface area contributed by atoms with Crippen LogP contribution in [-0.2, 0) is 9.59 Å². The van der Waals surface area contributed by atoms with E-state index in [-0.39, 0.29) is 23.8 Å².